The number of H-pyrrole nitrogens is 2. The molecule has 0 unspecified atom stereocenters. The summed E-state index contributed by atoms with van der Waals surface area (Å²) in [4.78, 5) is 51.9. The van der Waals surface area contributed by atoms with Gasteiger partial charge in [0, 0.05) is 18.3 Å². The molecule has 1 aromatic heterocycles. The van der Waals surface area contributed by atoms with Crippen LogP contribution in [0.25, 0.3) is 0 Å². The Hall–Kier alpha value is -3.16. The predicted octanol–water partition coefficient (Wildman–Crippen LogP) is -0.191. The first-order valence-electron chi connectivity index (χ1n) is 6.93. The number of aromatic nitrogens is 2. The van der Waals surface area contributed by atoms with Crippen molar-refractivity contribution in [1.29, 1.82) is 0 Å². The number of para-hydroxylation sites is 1. The molecule has 2 N–H and O–H groups in total. The van der Waals surface area contributed by atoms with Crippen molar-refractivity contribution in [3.8, 4) is 0 Å². The zero-order valence-electron chi connectivity index (χ0n) is 12.0. The quantitative estimate of drug-likeness (QED) is 0.762. The number of nitrogens with zero attached hydrogens (tertiary/aromatic N) is 1. The van der Waals surface area contributed by atoms with Crippen LogP contribution in [0.2, 0.25) is 0 Å². The Morgan fingerprint density at radius 2 is 1.96 bits per heavy atom. The van der Waals surface area contributed by atoms with Crippen molar-refractivity contribution >= 4 is 17.6 Å². The van der Waals surface area contributed by atoms with E-state index in [1.165, 1.54) is 0 Å². The third-order valence-corrected chi connectivity index (χ3v) is 3.50. The van der Waals surface area contributed by atoms with Gasteiger partial charge in [-0.1, -0.05) is 18.2 Å². The number of benzene rings is 1. The van der Waals surface area contributed by atoms with Crippen LogP contribution in [0.15, 0.2) is 39.9 Å². The molecule has 0 bridgehead atoms. The number of esters is 1. The van der Waals surface area contributed by atoms with E-state index in [0.29, 0.717) is 6.54 Å². The van der Waals surface area contributed by atoms with E-state index in [1.807, 2.05) is 29.2 Å². The number of carbonyl (C=O) groups is 2. The van der Waals surface area contributed by atoms with Crippen molar-refractivity contribution in [2.24, 2.45) is 0 Å². The molecule has 0 aliphatic carbocycles. The number of aromatic amines is 2. The van der Waals surface area contributed by atoms with Gasteiger partial charge in [-0.25, -0.2) is 9.59 Å². The van der Waals surface area contributed by atoms with E-state index in [-0.39, 0.29) is 11.6 Å². The van der Waals surface area contributed by atoms with E-state index in [9.17, 15) is 19.2 Å². The van der Waals surface area contributed by atoms with Gasteiger partial charge in [0.25, 0.3) is 11.5 Å². The molecule has 1 aliphatic rings. The van der Waals surface area contributed by atoms with Gasteiger partial charge < -0.3 is 14.6 Å². The van der Waals surface area contributed by atoms with Crippen LogP contribution in [-0.4, -0.2) is 35.0 Å². The van der Waals surface area contributed by atoms with Crippen molar-refractivity contribution < 1.29 is 14.3 Å². The Morgan fingerprint density at radius 3 is 2.74 bits per heavy atom. The van der Waals surface area contributed by atoms with Crippen LogP contribution in [0.3, 0.4) is 0 Å². The van der Waals surface area contributed by atoms with Crippen LogP contribution in [0.5, 0.6) is 0 Å². The minimum atomic E-state index is -0.936. The maximum absolute atomic E-state index is 12.2. The summed E-state index contributed by atoms with van der Waals surface area (Å²) >= 11 is 0. The van der Waals surface area contributed by atoms with Crippen molar-refractivity contribution in [2.75, 3.05) is 18.1 Å². The van der Waals surface area contributed by atoms with Crippen LogP contribution in [-0.2, 0) is 16.0 Å². The van der Waals surface area contributed by atoms with Crippen LogP contribution >= 0.6 is 0 Å². The van der Waals surface area contributed by atoms with Crippen molar-refractivity contribution in [1.82, 2.24) is 9.97 Å². The fourth-order valence-corrected chi connectivity index (χ4v) is 2.46. The zero-order chi connectivity index (χ0) is 16.4. The molecule has 118 valence electrons. The fraction of sp³-hybridized carbons (Fsp3) is 0.200. The van der Waals surface area contributed by atoms with Crippen LogP contribution in [0.1, 0.15) is 16.1 Å². The SMILES string of the molecule is O=C(OCC(=O)N1CCc2ccccc21)c1cc(=O)[nH]c(=O)[nH]1. The highest BCUT2D eigenvalue weighted by molar-refractivity contribution is 5.98. The minimum Gasteiger partial charge on any atom is -0.451 e. The van der Waals surface area contributed by atoms with Gasteiger partial charge in [-0.3, -0.25) is 14.6 Å². The summed E-state index contributed by atoms with van der Waals surface area (Å²) in [5.41, 5.74) is 0.0299. The van der Waals surface area contributed by atoms with Crippen molar-refractivity contribution in [3.63, 3.8) is 0 Å². The van der Waals surface area contributed by atoms with Gasteiger partial charge in [0.15, 0.2) is 6.61 Å². The standard InChI is InChI=1S/C15H13N3O5/c19-12-7-10(16-15(22)17-12)14(21)23-8-13(20)18-6-5-9-3-1-2-4-11(9)18/h1-4,7H,5-6,8H2,(H2,16,17,19,22). The highest BCUT2D eigenvalue weighted by atomic mass is 16.5. The summed E-state index contributed by atoms with van der Waals surface area (Å²) in [7, 11) is 0. The van der Waals surface area contributed by atoms with Gasteiger partial charge in [0.1, 0.15) is 5.69 Å². The summed E-state index contributed by atoms with van der Waals surface area (Å²) < 4.78 is 4.87. The van der Waals surface area contributed by atoms with Gasteiger partial charge in [0.05, 0.1) is 0 Å². The predicted molar refractivity (Wildman–Crippen MR) is 80.5 cm³/mol. The van der Waals surface area contributed by atoms with Crippen LogP contribution in [0.4, 0.5) is 5.69 Å². The molecule has 0 spiro atoms. The number of fused-ring (bicyclic) bond motifs is 1. The number of ether oxygens (including phenoxy) is 1. The van der Waals surface area contributed by atoms with Gasteiger partial charge in [-0.05, 0) is 18.1 Å². The first-order valence-corrected chi connectivity index (χ1v) is 6.93. The van der Waals surface area contributed by atoms with E-state index in [1.54, 1.807) is 4.90 Å². The average Bonchev–Trinajstić information content (AvgIpc) is 2.95. The summed E-state index contributed by atoms with van der Waals surface area (Å²) in [6, 6.07) is 8.40. The molecule has 2 heterocycles. The molecule has 0 atom stereocenters. The number of hydrogen-bond acceptors (Lipinski definition) is 5. The number of nitrogens with one attached hydrogen (secondary N) is 2. The summed E-state index contributed by atoms with van der Waals surface area (Å²) in [5.74, 6) is -1.30. The summed E-state index contributed by atoms with van der Waals surface area (Å²) in [6.45, 7) is 0.0551. The van der Waals surface area contributed by atoms with E-state index < -0.39 is 23.8 Å². The Bertz CT molecular complexity index is 855. The topological polar surface area (TPSA) is 112 Å². The third-order valence-electron chi connectivity index (χ3n) is 3.50. The molecule has 1 aromatic carbocycles. The number of carbonyl (C=O) groups excluding carboxylic acids is 2. The summed E-state index contributed by atoms with van der Waals surface area (Å²) in [5, 5.41) is 0. The molecule has 0 fully saturated rings. The molecule has 8 nitrogen and oxygen atoms in total. The Morgan fingerprint density at radius 1 is 1.17 bits per heavy atom. The van der Waals surface area contributed by atoms with E-state index in [4.69, 9.17) is 4.74 Å². The lowest BCUT2D eigenvalue weighted by Crippen LogP contribution is -2.33. The molecular formula is C15H13N3O5. The first kappa shape index (κ1) is 14.8. The Balaban J connectivity index is 1.67. The van der Waals surface area contributed by atoms with Crippen LogP contribution in [0, 0.1) is 0 Å². The maximum atomic E-state index is 12.2. The largest absolute Gasteiger partial charge is 0.451 e. The molecule has 0 radical (unpaired) electrons. The lowest BCUT2D eigenvalue weighted by molar-refractivity contribution is -0.121. The number of amides is 1. The zero-order valence-corrected chi connectivity index (χ0v) is 12.0. The van der Waals surface area contributed by atoms with E-state index in [2.05, 4.69) is 4.98 Å². The number of hydrogen-bond donors (Lipinski definition) is 2. The molecule has 0 saturated heterocycles. The highest BCUT2D eigenvalue weighted by Crippen LogP contribution is 2.27. The highest BCUT2D eigenvalue weighted by Gasteiger charge is 2.25. The lowest BCUT2D eigenvalue weighted by atomic mass is 10.2. The van der Waals surface area contributed by atoms with Gasteiger partial charge in [-0.2, -0.15) is 0 Å². The van der Waals surface area contributed by atoms with Gasteiger partial charge in [-0.15, -0.1) is 0 Å². The van der Waals surface area contributed by atoms with Crippen molar-refractivity contribution in [3.05, 3.63) is 62.4 Å². The monoisotopic (exact) mass is 315 g/mol. The Labute approximate surface area is 129 Å². The van der Waals surface area contributed by atoms with Gasteiger partial charge in [0.2, 0.25) is 0 Å². The number of rotatable bonds is 3. The maximum Gasteiger partial charge on any atom is 0.355 e. The molecule has 8 heteroatoms. The van der Waals surface area contributed by atoms with E-state index >= 15 is 0 Å². The smallest absolute Gasteiger partial charge is 0.355 e. The fourth-order valence-electron chi connectivity index (χ4n) is 2.46. The molecule has 2 aromatic rings. The second-order valence-electron chi connectivity index (χ2n) is 5.00. The third kappa shape index (κ3) is 3.05. The molecular weight excluding hydrogens is 302 g/mol. The normalized spacial score (nSPS) is 12.8. The molecule has 3 rings (SSSR count). The second-order valence-corrected chi connectivity index (χ2v) is 5.00. The van der Waals surface area contributed by atoms with Gasteiger partial charge >= 0.3 is 11.7 Å². The first-order chi connectivity index (χ1) is 11.0. The molecule has 23 heavy (non-hydrogen) atoms. The molecule has 1 aliphatic heterocycles. The van der Waals surface area contributed by atoms with E-state index in [0.717, 1.165) is 23.7 Å². The van der Waals surface area contributed by atoms with Crippen LogP contribution < -0.4 is 16.1 Å². The van der Waals surface area contributed by atoms with Crippen molar-refractivity contribution in [2.45, 2.75) is 6.42 Å². The number of anilines is 1. The minimum absolute atomic E-state index is 0.298. The average molecular weight is 315 g/mol. The summed E-state index contributed by atoms with van der Waals surface area (Å²) in [6.07, 6.45) is 0.747. The molecule has 0 saturated carbocycles. The lowest BCUT2D eigenvalue weighted by Gasteiger charge is -2.17. The second kappa shape index (κ2) is 5.91. The Kier molecular flexibility index (Phi) is 3.80. The molecule has 1 amide bonds.